The molecule has 2 aromatic rings. The SMILES string of the molecule is CCOc1ccc(CCCNC(=O)Nc2cccc(Cl)c2)cc1. The summed E-state index contributed by atoms with van der Waals surface area (Å²) in [7, 11) is 0. The van der Waals surface area contributed by atoms with E-state index in [0.717, 1.165) is 18.6 Å². The normalized spacial score (nSPS) is 10.2. The molecule has 122 valence electrons. The standard InChI is InChI=1S/C18H21ClN2O2/c1-2-23-17-10-8-14(9-11-17)5-4-12-20-18(22)21-16-7-3-6-15(19)13-16/h3,6-11,13H,2,4-5,12H2,1H3,(H2,20,21,22). The van der Waals surface area contributed by atoms with Crippen LogP contribution < -0.4 is 15.4 Å². The van der Waals surface area contributed by atoms with Crippen LogP contribution in [-0.4, -0.2) is 19.2 Å². The summed E-state index contributed by atoms with van der Waals surface area (Å²) in [6, 6.07) is 14.9. The van der Waals surface area contributed by atoms with Gasteiger partial charge in [-0.2, -0.15) is 0 Å². The van der Waals surface area contributed by atoms with Crippen LogP contribution in [0.1, 0.15) is 18.9 Å². The van der Waals surface area contributed by atoms with Gasteiger partial charge in [0.25, 0.3) is 0 Å². The predicted molar refractivity (Wildman–Crippen MR) is 94.4 cm³/mol. The number of hydrogen-bond acceptors (Lipinski definition) is 2. The second kappa shape index (κ2) is 9.06. The van der Waals surface area contributed by atoms with Crippen molar-refractivity contribution >= 4 is 23.3 Å². The second-order valence-corrected chi connectivity index (χ2v) is 5.51. The number of anilines is 1. The van der Waals surface area contributed by atoms with Gasteiger partial charge in [0.15, 0.2) is 0 Å². The highest BCUT2D eigenvalue weighted by Gasteiger charge is 2.02. The first-order chi connectivity index (χ1) is 11.2. The Morgan fingerprint density at radius 3 is 2.65 bits per heavy atom. The van der Waals surface area contributed by atoms with Gasteiger partial charge in [-0.05, 0) is 55.7 Å². The van der Waals surface area contributed by atoms with Crippen molar-refractivity contribution in [3.63, 3.8) is 0 Å². The molecule has 0 aliphatic heterocycles. The first-order valence-electron chi connectivity index (χ1n) is 7.69. The van der Waals surface area contributed by atoms with E-state index >= 15 is 0 Å². The van der Waals surface area contributed by atoms with Gasteiger partial charge >= 0.3 is 6.03 Å². The Balaban J connectivity index is 1.67. The van der Waals surface area contributed by atoms with Crippen molar-refractivity contribution in [1.82, 2.24) is 5.32 Å². The minimum atomic E-state index is -0.223. The average molecular weight is 333 g/mol. The lowest BCUT2D eigenvalue weighted by atomic mass is 10.1. The number of halogens is 1. The van der Waals surface area contributed by atoms with Gasteiger partial charge in [0.1, 0.15) is 5.75 Å². The van der Waals surface area contributed by atoms with Crippen LogP contribution in [0, 0.1) is 0 Å². The Morgan fingerprint density at radius 1 is 1.17 bits per heavy atom. The van der Waals surface area contributed by atoms with Crippen molar-refractivity contribution in [2.75, 3.05) is 18.5 Å². The van der Waals surface area contributed by atoms with Crippen LogP contribution in [0.3, 0.4) is 0 Å². The molecule has 0 saturated heterocycles. The van der Waals surface area contributed by atoms with Crippen molar-refractivity contribution in [3.8, 4) is 5.75 Å². The molecule has 0 heterocycles. The molecule has 0 aliphatic carbocycles. The third-order valence-corrected chi connectivity index (χ3v) is 3.48. The zero-order valence-electron chi connectivity index (χ0n) is 13.1. The molecule has 2 rings (SSSR count). The number of amides is 2. The largest absolute Gasteiger partial charge is 0.494 e. The van der Waals surface area contributed by atoms with E-state index in [4.69, 9.17) is 16.3 Å². The highest BCUT2D eigenvalue weighted by atomic mass is 35.5. The zero-order chi connectivity index (χ0) is 16.5. The maximum absolute atomic E-state index is 11.8. The number of carbonyl (C=O) groups excluding carboxylic acids is 1. The lowest BCUT2D eigenvalue weighted by Crippen LogP contribution is -2.29. The molecule has 0 unspecified atom stereocenters. The van der Waals surface area contributed by atoms with Gasteiger partial charge in [0.05, 0.1) is 6.61 Å². The van der Waals surface area contributed by atoms with Gasteiger partial charge in [-0.3, -0.25) is 0 Å². The quantitative estimate of drug-likeness (QED) is 0.734. The van der Waals surface area contributed by atoms with E-state index < -0.39 is 0 Å². The van der Waals surface area contributed by atoms with Crippen LogP contribution in [0.15, 0.2) is 48.5 Å². The predicted octanol–water partition coefficient (Wildman–Crippen LogP) is 4.49. The molecule has 2 aromatic carbocycles. The summed E-state index contributed by atoms with van der Waals surface area (Å²) in [6.45, 7) is 3.25. The first kappa shape index (κ1) is 17.2. The van der Waals surface area contributed by atoms with Crippen LogP contribution in [0.2, 0.25) is 5.02 Å². The minimum Gasteiger partial charge on any atom is -0.494 e. The van der Waals surface area contributed by atoms with Crippen molar-refractivity contribution in [2.24, 2.45) is 0 Å². The molecule has 0 spiro atoms. The van der Waals surface area contributed by atoms with E-state index in [1.54, 1.807) is 24.3 Å². The Hall–Kier alpha value is -2.20. The van der Waals surface area contributed by atoms with Crippen molar-refractivity contribution in [2.45, 2.75) is 19.8 Å². The molecular formula is C18H21ClN2O2. The number of aryl methyl sites for hydroxylation is 1. The maximum Gasteiger partial charge on any atom is 0.319 e. The van der Waals surface area contributed by atoms with E-state index in [-0.39, 0.29) is 6.03 Å². The maximum atomic E-state index is 11.8. The number of nitrogens with one attached hydrogen (secondary N) is 2. The van der Waals surface area contributed by atoms with Gasteiger partial charge in [0, 0.05) is 17.3 Å². The van der Waals surface area contributed by atoms with Gasteiger partial charge in [-0.25, -0.2) is 4.79 Å². The molecule has 23 heavy (non-hydrogen) atoms. The fourth-order valence-corrected chi connectivity index (χ4v) is 2.35. The zero-order valence-corrected chi connectivity index (χ0v) is 13.9. The van der Waals surface area contributed by atoms with Crippen molar-refractivity contribution in [3.05, 3.63) is 59.1 Å². The third kappa shape index (κ3) is 6.20. The Kier molecular flexibility index (Phi) is 6.76. The van der Waals surface area contributed by atoms with Crippen LogP contribution >= 0.6 is 11.6 Å². The van der Waals surface area contributed by atoms with E-state index in [2.05, 4.69) is 22.8 Å². The van der Waals surface area contributed by atoms with Gasteiger partial charge in [-0.15, -0.1) is 0 Å². The molecule has 0 radical (unpaired) electrons. The Labute approximate surface area is 141 Å². The fraction of sp³-hybridized carbons (Fsp3) is 0.278. The van der Waals surface area contributed by atoms with Crippen LogP contribution in [-0.2, 0) is 6.42 Å². The molecule has 5 heteroatoms. The summed E-state index contributed by atoms with van der Waals surface area (Å²) >= 11 is 5.87. The lowest BCUT2D eigenvalue weighted by molar-refractivity contribution is 0.252. The van der Waals surface area contributed by atoms with E-state index in [1.807, 2.05) is 19.1 Å². The summed E-state index contributed by atoms with van der Waals surface area (Å²) in [5.41, 5.74) is 1.91. The topological polar surface area (TPSA) is 50.4 Å². The van der Waals surface area contributed by atoms with Crippen LogP contribution in [0.4, 0.5) is 10.5 Å². The van der Waals surface area contributed by atoms with Gasteiger partial charge < -0.3 is 15.4 Å². The molecule has 0 atom stereocenters. The molecule has 0 aromatic heterocycles. The highest BCUT2D eigenvalue weighted by Crippen LogP contribution is 2.15. The number of benzene rings is 2. The monoisotopic (exact) mass is 332 g/mol. The molecule has 0 saturated carbocycles. The average Bonchev–Trinajstić information content (AvgIpc) is 2.53. The smallest absolute Gasteiger partial charge is 0.319 e. The third-order valence-electron chi connectivity index (χ3n) is 3.24. The lowest BCUT2D eigenvalue weighted by Gasteiger charge is -2.08. The summed E-state index contributed by atoms with van der Waals surface area (Å²) in [6.07, 6.45) is 1.78. The van der Waals surface area contributed by atoms with E-state index in [0.29, 0.717) is 23.9 Å². The molecule has 4 nitrogen and oxygen atoms in total. The molecular weight excluding hydrogens is 312 g/mol. The highest BCUT2D eigenvalue weighted by molar-refractivity contribution is 6.30. The van der Waals surface area contributed by atoms with Gasteiger partial charge in [-0.1, -0.05) is 29.8 Å². The Bertz CT molecular complexity index is 629. The first-order valence-corrected chi connectivity index (χ1v) is 8.07. The molecule has 0 aliphatic rings. The van der Waals surface area contributed by atoms with Crippen LogP contribution in [0.5, 0.6) is 5.75 Å². The number of carbonyl (C=O) groups is 1. The van der Waals surface area contributed by atoms with E-state index in [9.17, 15) is 4.79 Å². The Morgan fingerprint density at radius 2 is 1.96 bits per heavy atom. The summed E-state index contributed by atoms with van der Waals surface area (Å²) in [5.74, 6) is 0.885. The summed E-state index contributed by atoms with van der Waals surface area (Å²) < 4.78 is 5.41. The van der Waals surface area contributed by atoms with Gasteiger partial charge in [0.2, 0.25) is 0 Å². The van der Waals surface area contributed by atoms with Crippen LogP contribution in [0.25, 0.3) is 0 Å². The number of urea groups is 1. The van der Waals surface area contributed by atoms with Crippen molar-refractivity contribution < 1.29 is 9.53 Å². The van der Waals surface area contributed by atoms with E-state index in [1.165, 1.54) is 5.56 Å². The molecule has 2 N–H and O–H groups in total. The molecule has 2 amide bonds. The minimum absolute atomic E-state index is 0.223. The number of hydrogen-bond donors (Lipinski definition) is 2. The second-order valence-electron chi connectivity index (χ2n) is 5.07. The fourth-order valence-electron chi connectivity index (χ4n) is 2.15. The molecule has 0 bridgehead atoms. The van der Waals surface area contributed by atoms with Crippen molar-refractivity contribution in [1.29, 1.82) is 0 Å². The number of ether oxygens (including phenoxy) is 1. The number of rotatable bonds is 7. The summed E-state index contributed by atoms with van der Waals surface area (Å²) in [4.78, 5) is 11.8. The summed E-state index contributed by atoms with van der Waals surface area (Å²) in [5, 5.41) is 6.18. The molecule has 0 fully saturated rings.